The van der Waals surface area contributed by atoms with Gasteiger partial charge in [0.05, 0.1) is 17.1 Å². The summed E-state index contributed by atoms with van der Waals surface area (Å²) in [5.74, 6) is -0.524. The Morgan fingerprint density at radius 1 is 1.22 bits per heavy atom. The van der Waals surface area contributed by atoms with E-state index in [-0.39, 0.29) is 34.0 Å². The standard InChI is InChI=1S/C15H18ClFN2O3S/c16-11-1-2-13(14(17)9-11)15(20)19-6-4-18(5-7-19)12-3-8-23(21,22)10-12/h1-2,9,12H,3-8,10H2/t12-/m1/s1. The first-order valence-corrected chi connectivity index (χ1v) is 9.74. The zero-order chi connectivity index (χ0) is 16.6. The van der Waals surface area contributed by atoms with E-state index in [0.717, 1.165) is 6.07 Å². The second-order valence-corrected chi connectivity index (χ2v) is 8.67. The van der Waals surface area contributed by atoms with E-state index in [2.05, 4.69) is 4.90 Å². The summed E-state index contributed by atoms with van der Waals surface area (Å²) in [6.45, 7) is 2.16. The van der Waals surface area contributed by atoms with E-state index in [0.29, 0.717) is 32.6 Å². The summed E-state index contributed by atoms with van der Waals surface area (Å²) < 4.78 is 37.0. The van der Waals surface area contributed by atoms with Gasteiger partial charge in [-0.15, -0.1) is 0 Å². The van der Waals surface area contributed by atoms with E-state index >= 15 is 0 Å². The molecule has 2 aliphatic rings. The van der Waals surface area contributed by atoms with Crippen molar-refractivity contribution < 1.29 is 17.6 Å². The molecule has 1 aromatic rings. The molecular formula is C15H18ClFN2O3S. The predicted octanol–water partition coefficient (Wildman–Crippen LogP) is 1.42. The molecule has 0 aliphatic carbocycles. The lowest BCUT2D eigenvalue weighted by molar-refractivity contribution is 0.0583. The molecule has 0 saturated carbocycles. The zero-order valence-corrected chi connectivity index (χ0v) is 14.1. The van der Waals surface area contributed by atoms with Crippen LogP contribution in [0.25, 0.3) is 0 Å². The number of rotatable bonds is 2. The van der Waals surface area contributed by atoms with E-state index < -0.39 is 15.7 Å². The second kappa shape index (κ2) is 6.37. The number of sulfone groups is 1. The first-order valence-electron chi connectivity index (χ1n) is 7.54. The van der Waals surface area contributed by atoms with Gasteiger partial charge in [0.15, 0.2) is 9.84 Å². The summed E-state index contributed by atoms with van der Waals surface area (Å²) in [5.41, 5.74) is 0.0197. The van der Waals surface area contributed by atoms with Crippen LogP contribution in [0.1, 0.15) is 16.8 Å². The number of hydrogen-bond donors (Lipinski definition) is 0. The highest BCUT2D eigenvalue weighted by atomic mass is 35.5. The molecule has 0 N–H and O–H groups in total. The number of halogens is 2. The highest BCUT2D eigenvalue weighted by molar-refractivity contribution is 7.91. The Balaban J connectivity index is 1.61. The van der Waals surface area contributed by atoms with E-state index in [1.807, 2.05) is 0 Å². The van der Waals surface area contributed by atoms with Gasteiger partial charge in [0, 0.05) is 37.2 Å². The molecule has 2 saturated heterocycles. The lowest BCUT2D eigenvalue weighted by atomic mass is 10.1. The molecule has 126 valence electrons. The van der Waals surface area contributed by atoms with Gasteiger partial charge < -0.3 is 4.90 Å². The highest BCUT2D eigenvalue weighted by Gasteiger charge is 2.34. The summed E-state index contributed by atoms with van der Waals surface area (Å²) in [4.78, 5) is 16.1. The van der Waals surface area contributed by atoms with Crippen molar-refractivity contribution in [3.63, 3.8) is 0 Å². The molecule has 1 atom stereocenters. The number of benzene rings is 1. The van der Waals surface area contributed by atoms with Crippen LogP contribution in [0.5, 0.6) is 0 Å². The molecule has 0 aromatic heterocycles. The molecular weight excluding hydrogens is 343 g/mol. The topological polar surface area (TPSA) is 57.7 Å². The van der Waals surface area contributed by atoms with Gasteiger partial charge in [-0.1, -0.05) is 11.6 Å². The van der Waals surface area contributed by atoms with Crippen molar-refractivity contribution >= 4 is 27.3 Å². The minimum Gasteiger partial charge on any atom is -0.336 e. The molecule has 1 amide bonds. The number of amides is 1. The summed E-state index contributed by atoms with van der Waals surface area (Å²) in [6, 6.07) is 4.08. The van der Waals surface area contributed by atoms with Crippen molar-refractivity contribution in [2.45, 2.75) is 12.5 Å². The van der Waals surface area contributed by atoms with Crippen molar-refractivity contribution in [2.75, 3.05) is 37.7 Å². The van der Waals surface area contributed by atoms with Crippen LogP contribution in [-0.2, 0) is 9.84 Å². The highest BCUT2D eigenvalue weighted by Crippen LogP contribution is 2.21. The fraction of sp³-hybridized carbons (Fsp3) is 0.533. The third-order valence-corrected chi connectivity index (χ3v) is 6.47. The average molecular weight is 361 g/mol. The van der Waals surface area contributed by atoms with E-state index in [9.17, 15) is 17.6 Å². The molecule has 1 aromatic carbocycles. The lowest BCUT2D eigenvalue weighted by Crippen LogP contribution is -2.52. The van der Waals surface area contributed by atoms with E-state index in [1.54, 1.807) is 4.90 Å². The van der Waals surface area contributed by atoms with Crippen molar-refractivity contribution in [3.8, 4) is 0 Å². The summed E-state index contributed by atoms with van der Waals surface area (Å²) in [6.07, 6.45) is 0.655. The molecule has 23 heavy (non-hydrogen) atoms. The van der Waals surface area contributed by atoms with E-state index in [4.69, 9.17) is 11.6 Å². The fourth-order valence-electron chi connectivity index (χ4n) is 3.19. The smallest absolute Gasteiger partial charge is 0.256 e. The minimum absolute atomic E-state index is 0.0197. The van der Waals surface area contributed by atoms with Gasteiger partial charge in [0.25, 0.3) is 5.91 Å². The predicted molar refractivity (Wildman–Crippen MR) is 85.9 cm³/mol. The van der Waals surface area contributed by atoms with Crippen LogP contribution in [0.4, 0.5) is 4.39 Å². The maximum atomic E-state index is 13.9. The van der Waals surface area contributed by atoms with Crippen LogP contribution >= 0.6 is 11.6 Å². The summed E-state index contributed by atoms with van der Waals surface area (Å²) in [5, 5.41) is 0.256. The van der Waals surface area contributed by atoms with Gasteiger partial charge in [-0.05, 0) is 24.6 Å². The van der Waals surface area contributed by atoms with Crippen LogP contribution in [0.3, 0.4) is 0 Å². The van der Waals surface area contributed by atoms with Crippen LogP contribution in [0, 0.1) is 5.82 Å². The van der Waals surface area contributed by atoms with Gasteiger partial charge in [-0.25, -0.2) is 12.8 Å². The third kappa shape index (κ3) is 3.67. The summed E-state index contributed by atoms with van der Waals surface area (Å²) in [7, 11) is -2.91. The first kappa shape index (κ1) is 16.7. The average Bonchev–Trinajstić information content (AvgIpc) is 2.87. The quantitative estimate of drug-likeness (QED) is 0.800. The normalized spacial score (nSPS) is 24.8. The lowest BCUT2D eigenvalue weighted by Gasteiger charge is -2.37. The Kier molecular flexibility index (Phi) is 4.62. The van der Waals surface area contributed by atoms with Crippen LogP contribution in [-0.4, -0.2) is 67.9 Å². The van der Waals surface area contributed by atoms with Crippen molar-refractivity contribution in [3.05, 3.63) is 34.6 Å². The molecule has 8 heteroatoms. The van der Waals surface area contributed by atoms with Crippen LogP contribution < -0.4 is 0 Å². The van der Waals surface area contributed by atoms with Crippen molar-refractivity contribution in [2.24, 2.45) is 0 Å². The van der Waals surface area contributed by atoms with Gasteiger partial charge in [-0.2, -0.15) is 0 Å². The molecule has 0 unspecified atom stereocenters. The number of carbonyl (C=O) groups is 1. The Labute approximate surface area is 139 Å². The molecule has 5 nitrogen and oxygen atoms in total. The summed E-state index contributed by atoms with van der Waals surface area (Å²) >= 11 is 5.70. The zero-order valence-electron chi connectivity index (χ0n) is 12.5. The molecule has 2 fully saturated rings. The van der Waals surface area contributed by atoms with Crippen molar-refractivity contribution in [1.29, 1.82) is 0 Å². The number of carbonyl (C=O) groups excluding carboxylic acids is 1. The molecule has 0 spiro atoms. The van der Waals surface area contributed by atoms with Crippen LogP contribution in [0.2, 0.25) is 5.02 Å². The van der Waals surface area contributed by atoms with E-state index in [1.165, 1.54) is 12.1 Å². The molecule has 2 heterocycles. The molecule has 0 radical (unpaired) electrons. The number of nitrogens with zero attached hydrogens (tertiary/aromatic N) is 2. The van der Waals surface area contributed by atoms with Gasteiger partial charge in [0.1, 0.15) is 5.82 Å². The Hall–Kier alpha value is -1.18. The third-order valence-electron chi connectivity index (χ3n) is 4.49. The largest absolute Gasteiger partial charge is 0.336 e. The SMILES string of the molecule is O=C(c1ccc(Cl)cc1F)N1CCN([C@@H]2CCS(=O)(=O)C2)CC1. The fourth-order valence-corrected chi connectivity index (χ4v) is 5.11. The van der Waals surface area contributed by atoms with Gasteiger partial charge in [-0.3, -0.25) is 9.69 Å². The molecule has 0 bridgehead atoms. The van der Waals surface area contributed by atoms with Crippen molar-refractivity contribution in [1.82, 2.24) is 9.80 Å². The second-order valence-electron chi connectivity index (χ2n) is 6.01. The molecule has 3 rings (SSSR count). The number of piperazine rings is 1. The first-order chi connectivity index (χ1) is 10.9. The number of hydrogen-bond acceptors (Lipinski definition) is 4. The minimum atomic E-state index is -2.91. The monoisotopic (exact) mass is 360 g/mol. The maximum Gasteiger partial charge on any atom is 0.256 e. The Bertz CT molecular complexity index is 717. The molecule has 2 aliphatic heterocycles. The Morgan fingerprint density at radius 3 is 2.48 bits per heavy atom. The van der Waals surface area contributed by atoms with Gasteiger partial charge in [0.2, 0.25) is 0 Å². The van der Waals surface area contributed by atoms with Gasteiger partial charge >= 0.3 is 0 Å². The Morgan fingerprint density at radius 2 is 1.91 bits per heavy atom. The van der Waals surface area contributed by atoms with Crippen LogP contribution in [0.15, 0.2) is 18.2 Å². The maximum absolute atomic E-state index is 13.9.